The van der Waals surface area contributed by atoms with Gasteiger partial charge in [-0.05, 0) is 58.4 Å². The Labute approximate surface area is 119 Å². The molecule has 2 atom stereocenters. The van der Waals surface area contributed by atoms with Crippen LogP contribution in [0.5, 0.6) is 0 Å². The third-order valence-corrected chi connectivity index (χ3v) is 4.05. The van der Waals surface area contributed by atoms with Gasteiger partial charge in [-0.1, -0.05) is 11.6 Å². The van der Waals surface area contributed by atoms with Crippen LogP contribution in [-0.2, 0) is 0 Å². The van der Waals surface area contributed by atoms with Crippen molar-refractivity contribution in [2.24, 2.45) is 5.73 Å². The molecule has 2 N–H and O–H groups in total. The Morgan fingerprint density at radius 1 is 1.37 bits per heavy atom. The molecule has 0 bridgehead atoms. The molecular weight excluding hydrogens is 263 g/mol. The quantitative estimate of drug-likeness (QED) is 0.851. The van der Waals surface area contributed by atoms with Crippen LogP contribution in [0.2, 0.25) is 5.02 Å². The van der Waals surface area contributed by atoms with Gasteiger partial charge in [-0.25, -0.2) is 4.39 Å². The highest BCUT2D eigenvalue weighted by molar-refractivity contribution is 6.30. The Morgan fingerprint density at radius 2 is 2.05 bits per heavy atom. The van der Waals surface area contributed by atoms with E-state index in [1.54, 1.807) is 12.1 Å². The molecule has 1 fully saturated rings. The minimum absolute atomic E-state index is 0.0442. The highest BCUT2D eigenvalue weighted by Crippen LogP contribution is 2.37. The highest BCUT2D eigenvalue weighted by atomic mass is 35.5. The number of nitrogens with two attached hydrogens (primary N) is 1. The molecule has 0 saturated carbocycles. The second-order valence-corrected chi connectivity index (χ2v) is 6.72. The molecule has 1 aliphatic heterocycles. The summed E-state index contributed by atoms with van der Waals surface area (Å²) in [6, 6.07) is 4.56. The van der Waals surface area contributed by atoms with Crippen LogP contribution in [0.4, 0.5) is 4.39 Å². The summed E-state index contributed by atoms with van der Waals surface area (Å²) in [4.78, 5) is 2.29. The lowest BCUT2D eigenvalue weighted by Crippen LogP contribution is -2.53. The number of likely N-dealkylation sites (tertiary alicyclic amines) is 1. The molecule has 2 unspecified atom stereocenters. The van der Waals surface area contributed by atoms with Crippen molar-refractivity contribution >= 4 is 11.6 Å². The van der Waals surface area contributed by atoms with Crippen LogP contribution in [-0.4, -0.2) is 23.0 Å². The van der Waals surface area contributed by atoms with E-state index >= 15 is 0 Å². The smallest absolute Gasteiger partial charge is 0.128 e. The molecule has 2 rings (SSSR count). The number of hydrogen-bond acceptors (Lipinski definition) is 2. The lowest BCUT2D eigenvalue weighted by molar-refractivity contribution is 0.0367. The maximum atomic E-state index is 14.1. The molecule has 2 nitrogen and oxygen atoms in total. The fourth-order valence-corrected chi connectivity index (χ4v) is 3.10. The van der Waals surface area contributed by atoms with Crippen molar-refractivity contribution in [3.63, 3.8) is 0 Å². The summed E-state index contributed by atoms with van der Waals surface area (Å²) in [5.74, 6) is -0.221. The van der Waals surface area contributed by atoms with Crippen molar-refractivity contribution in [2.75, 3.05) is 6.54 Å². The average Bonchev–Trinajstić information content (AvgIpc) is 2.31. The van der Waals surface area contributed by atoms with E-state index in [0.717, 1.165) is 19.4 Å². The van der Waals surface area contributed by atoms with Gasteiger partial charge in [0.1, 0.15) is 5.82 Å². The largest absolute Gasteiger partial charge is 0.326 e. The number of halogens is 2. The van der Waals surface area contributed by atoms with Crippen molar-refractivity contribution in [1.82, 2.24) is 4.90 Å². The highest BCUT2D eigenvalue weighted by Gasteiger charge is 2.37. The first-order valence-electron chi connectivity index (χ1n) is 6.78. The zero-order valence-corrected chi connectivity index (χ0v) is 12.5. The number of benzene rings is 1. The van der Waals surface area contributed by atoms with Crippen LogP contribution >= 0.6 is 11.6 Å². The van der Waals surface area contributed by atoms with E-state index in [1.165, 1.54) is 6.07 Å². The summed E-state index contributed by atoms with van der Waals surface area (Å²) < 4.78 is 14.1. The Hall–Kier alpha value is -0.640. The maximum Gasteiger partial charge on any atom is 0.128 e. The van der Waals surface area contributed by atoms with Crippen molar-refractivity contribution < 1.29 is 4.39 Å². The molecule has 1 aromatic rings. The van der Waals surface area contributed by atoms with Gasteiger partial charge in [0.15, 0.2) is 0 Å². The van der Waals surface area contributed by atoms with Gasteiger partial charge in [-0.15, -0.1) is 0 Å². The molecule has 1 heterocycles. The van der Waals surface area contributed by atoms with Crippen LogP contribution in [0.1, 0.15) is 45.2 Å². The Balaban J connectivity index is 2.45. The monoisotopic (exact) mass is 284 g/mol. The lowest BCUT2D eigenvalue weighted by atomic mass is 9.86. The fourth-order valence-electron chi connectivity index (χ4n) is 2.92. The van der Waals surface area contributed by atoms with Gasteiger partial charge in [-0.2, -0.15) is 0 Å². The number of piperidine rings is 1. The molecule has 0 aromatic heterocycles. The van der Waals surface area contributed by atoms with E-state index in [1.807, 2.05) is 0 Å². The topological polar surface area (TPSA) is 29.3 Å². The summed E-state index contributed by atoms with van der Waals surface area (Å²) in [7, 11) is 0. The minimum atomic E-state index is -0.221. The van der Waals surface area contributed by atoms with Crippen LogP contribution in [0.3, 0.4) is 0 Å². The summed E-state index contributed by atoms with van der Waals surface area (Å²) in [6.45, 7) is 7.36. The second-order valence-electron chi connectivity index (χ2n) is 6.28. The van der Waals surface area contributed by atoms with Crippen molar-refractivity contribution in [3.05, 3.63) is 34.6 Å². The Bertz CT molecular complexity index is 456. The molecule has 19 heavy (non-hydrogen) atoms. The zero-order chi connectivity index (χ0) is 14.2. The van der Waals surface area contributed by atoms with Crippen molar-refractivity contribution in [1.29, 1.82) is 0 Å². The van der Waals surface area contributed by atoms with Crippen LogP contribution < -0.4 is 5.73 Å². The number of rotatable bonds is 1. The first kappa shape index (κ1) is 14.8. The second kappa shape index (κ2) is 5.39. The molecule has 4 heteroatoms. The fraction of sp³-hybridized carbons (Fsp3) is 0.600. The average molecular weight is 285 g/mol. The summed E-state index contributed by atoms with van der Waals surface area (Å²) in [5.41, 5.74) is 6.84. The number of nitrogens with zero attached hydrogens (tertiary/aromatic N) is 1. The van der Waals surface area contributed by atoms with Crippen molar-refractivity contribution in [2.45, 2.75) is 51.2 Å². The van der Waals surface area contributed by atoms with Crippen LogP contribution in [0, 0.1) is 5.82 Å². The Morgan fingerprint density at radius 3 is 2.68 bits per heavy atom. The zero-order valence-electron chi connectivity index (χ0n) is 11.8. The molecule has 0 aliphatic carbocycles. The van der Waals surface area contributed by atoms with Gasteiger partial charge in [0.2, 0.25) is 0 Å². The van der Waals surface area contributed by atoms with Gasteiger partial charge < -0.3 is 5.73 Å². The van der Waals surface area contributed by atoms with Gasteiger partial charge >= 0.3 is 0 Å². The lowest BCUT2D eigenvalue weighted by Gasteiger charge is -2.47. The van der Waals surface area contributed by atoms with Crippen molar-refractivity contribution in [3.8, 4) is 0 Å². The molecule has 106 valence electrons. The molecule has 1 aromatic carbocycles. The summed E-state index contributed by atoms with van der Waals surface area (Å²) in [5, 5.41) is 0.558. The van der Waals surface area contributed by atoms with E-state index in [4.69, 9.17) is 17.3 Å². The predicted octanol–water partition coefficient (Wildman–Crippen LogP) is 3.74. The Kier molecular flexibility index (Phi) is 4.19. The van der Waals surface area contributed by atoms with Gasteiger partial charge in [0.25, 0.3) is 0 Å². The standard InChI is InChI=1S/C15H22ClFN2/c1-15(2,3)19-8-4-5-13(18)14(19)11-9-10(16)6-7-12(11)17/h6-7,9,13-14H,4-5,8,18H2,1-3H3. The molecule has 0 amide bonds. The maximum absolute atomic E-state index is 14.1. The van der Waals surface area contributed by atoms with E-state index in [2.05, 4.69) is 25.7 Å². The van der Waals surface area contributed by atoms with E-state index in [-0.39, 0.29) is 23.4 Å². The van der Waals surface area contributed by atoms with Crippen LogP contribution in [0.25, 0.3) is 0 Å². The summed E-state index contributed by atoms with van der Waals surface area (Å²) in [6.07, 6.45) is 1.97. The van der Waals surface area contributed by atoms with Gasteiger partial charge in [0, 0.05) is 22.2 Å². The summed E-state index contributed by atoms with van der Waals surface area (Å²) >= 11 is 6.02. The first-order valence-corrected chi connectivity index (χ1v) is 7.16. The first-order chi connectivity index (χ1) is 8.80. The minimum Gasteiger partial charge on any atom is -0.326 e. The van der Waals surface area contributed by atoms with Gasteiger partial charge in [0.05, 0.1) is 6.04 Å². The molecule has 0 radical (unpaired) electrons. The van der Waals surface area contributed by atoms with Crippen LogP contribution in [0.15, 0.2) is 18.2 Å². The third-order valence-electron chi connectivity index (χ3n) is 3.82. The number of hydrogen-bond donors (Lipinski definition) is 1. The van der Waals surface area contributed by atoms with E-state index in [0.29, 0.717) is 10.6 Å². The molecular formula is C15H22ClFN2. The van der Waals surface area contributed by atoms with Gasteiger partial charge in [-0.3, -0.25) is 4.90 Å². The predicted molar refractivity (Wildman–Crippen MR) is 77.8 cm³/mol. The third kappa shape index (κ3) is 3.10. The SMILES string of the molecule is CC(C)(C)N1CCCC(N)C1c1cc(Cl)ccc1F. The molecule has 1 aliphatic rings. The van der Waals surface area contributed by atoms with E-state index in [9.17, 15) is 4.39 Å². The molecule has 0 spiro atoms. The normalized spacial score (nSPS) is 25.6. The molecule has 1 saturated heterocycles. The van der Waals surface area contributed by atoms with E-state index < -0.39 is 0 Å².